The van der Waals surface area contributed by atoms with Crippen molar-refractivity contribution in [1.82, 2.24) is 0 Å². The van der Waals surface area contributed by atoms with Crippen molar-refractivity contribution in [3.05, 3.63) is 82.4 Å². The number of hydrogen-bond acceptors (Lipinski definition) is 0. The van der Waals surface area contributed by atoms with Gasteiger partial charge in [-0.1, -0.05) is 158 Å². The molecule has 3 aromatic carbocycles. The molecule has 1 aliphatic carbocycles. The molecule has 0 unspecified atom stereocenters. The number of benzene rings is 3. The molecule has 0 saturated heterocycles. The minimum absolute atomic E-state index is 1.06. The lowest BCUT2D eigenvalue weighted by atomic mass is 9.88. The molecule has 0 bridgehead atoms. The van der Waals surface area contributed by atoms with Crippen LogP contribution in [-0.4, -0.2) is 0 Å². The molecule has 0 radical (unpaired) electrons. The number of fused-ring (bicyclic) bond motifs is 3. The molecule has 0 heteroatoms. The van der Waals surface area contributed by atoms with E-state index in [0.717, 1.165) is 6.42 Å². The van der Waals surface area contributed by atoms with E-state index in [1.807, 2.05) is 0 Å². The van der Waals surface area contributed by atoms with E-state index < -0.39 is 0 Å². The van der Waals surface area contributed by atoms with Crippen molar-refractivity contribution in [2.75, 3.05) is 0 Å². The molecule has 0 atom stereocenters. The van der Waals surface area contributed by atoms with Crippen LogP contribution in [-0.2, 0) is 12.8 Å². The second kappa shape index (κ2) is 16.1. The highest BCUT2D eigenvalue weighted by Gasteiger charge is 2.23. The van der Waals surface area contributed by atoms with E-state index in [-0.39, 0.29) is 0 Å². The number of rotatable bonds is 18. The molecular formula is C39H54. The molecule has 39 heavy (non-hydrogen) atoms. The molecule has 4 rings (SSSR count). The van der Waals surface area contributed by atoms with E-state index in [1.54, 1.807) is 0 Å². The first-order chi connectivity index (χ1) is 19.2. The summed E-state index contributed by atoms with van der Waals surface area (Å²) in [6.07, 6.45) is 25.2. The average molecular weight is 523 g/mol. The van der Waals surface area contributed by atoms with Crippen LogP contribution in [0.3, 0.4) is 0 Å². The Labute approximate surface area is 240 Å². The maximum Gasteiger partial charge on any atom is -0.000718 e. The summed E-state index contributed by atoms with van der Waals surface area (Å²) < 4.78 is 0. The van der Waals surface area contributed by atoms with Crippen molar-refractivity contribution in [1.29, 1.82) is 0 Å². The number of hydrogen-bond donors (Lipinski definition) is 0. The fraction of sp³-hybridized carbons (Fsp3) is 0.538. The van der Waals surface area contributed by atoms with Crippen molar-refractivity contribution >= 4 is 0 Å². The Bertz CT molecular complexity index is 1130. The third-order valence-corrected chi connectivity index (χ3v) is 9.19. The van der Waals surface area contributed by atoms with Gasteiger partial charge in [0.15, 0.2) is 0 Å². The molecule has 0 fully saturated rings. The summed E-state index contributed by atoms with van der Waals surface area (Å²) in [4.78, 5) is 0. The number of aryl methyl sites for hydroxylation is 2. The Kier molecular flexibility index (Phi) is 12.2. The zero-order valence-electron chi connectivity index (χ0n) is 25.4. The Morgan fingerprint density at radius 1 is 0.564 bits per heavy atom. The second-order valence-electron chi connectivity index (χ2n) is 12.3. The standard InChI is InChI=1S/C39H54/c1-4-5-6-7-8-9-10-11-12-13-14-15-16-17-18-19-22-33-25-27-34(28-26-33)39-32(3)31(2)29-37-36-24-21-20-23-35(36)30-38(37)39/h20-21,23-29H,4-19,22,30H2,1-3H3. The quantitative estimate of drug-likeness (QED) is 0.114. The monoisotopic (exact) mass is 522 g/mol. The van der Waals surface area contributed by atoms with E-state index in [2.05, 4.69) is 75.4 Å². The summed E-state index contributed by atoms with van der Waals surface area (Å²) in [7, 11) is 0. The van der Waals surface area contributed by atoms with Crippen molar-refractivity contribution < 1.29 is 0 Å². The van der Waals surface area contributed by atoms with Gasteiger partial charge in [-0.15, -0.1) is 0 Å². The molecule has 0 nitrogen and oxygen atoms in total. The summed E-state index contributed by atoms with van der Waals surface area (Å²) in [6, 6.07) is 20.9. The van der Waals surface area contributed by atoms with Gasteiger partial charge in [-0.2, -0.15) is 0 Å². The van der Waals surface area contributed by atoms with Crippen LogP contribution in [0.15, 0.2) is 54.6 Å². The van der Waals surface area contributed by atoms with Crippen molar-refractivity contribution in [3.63, 3.8) is 0 Å². The van der Waals surface area contributed by atoms with Crippen molar-refractivity contribution in [2.24, 2.45) is 0 Å². The predicted octanol–water partition coefficient (Wildman–Crippen LogP) is 12.3. The van der Waals surface area contributed by atoms with Crippen LogP contribution in [0.25, 0.3) is 22.3 Å². The predicted molar refractivity (Wildman–Crippen MR) is 173 cm³/mol. The van der Waals surface area contributed by atoms with Gasteiger partial charge in [-0.05, 0) is 83.2 Å². The molecule has 1 aliphatic rings. The fourth-order valence-corrected chi connectivity index (χ4v) is 6.63. The fourth-order valence-electron chi connectivity index (χ4n) is 6.63. The first kappa shape index (κ1) is 29.6. The summed E-state index contributed by atoms with van der Waals surface area (Å²) in [5.74, 6) is 0. The Morgan fingerprint density at radius 3 is 1.69 bits per heavy atom. The van der Waals surface area contributed by atoms with E-state index in [9.17, 15) is 0 Å². The average Bonchev–Trinajstić information content (AvgIpc) is 3.31. The van der Waals surface area contributed by atoms with Crippen molar-refractivity contribution in [3.8, 4) is 22.3 Å². The first-order valence-corrected chi connectivity index (χ1v) is 16.5. The van der Waals surface area contributed by atoms with Gasteiger partial charge >= 0.3 is 0 Å². The van der Waals surface area contributed by atoms with E-state index in [1.165, 1.54) is 159 Å². The van der Waals surface area contributed by atoms with Crippen LogP contribution >= 0.6 is 0 Å². The molecule has 0 saturated carbocycles. The molecule has 0 spiro atoms. The molecule has 0 aromatic heterocycles. The maximum atomic E-state index is 2.41. The van der Waals surface area contributed by atoms with E-state index in [4.69, 9.17) is 0 Å². The minimum atomic E-state index is 1.06. The Morgan fingerprint density at radius 2 is 1.10 bits per heavy atom. The largest absolute Gasteiger partial charge is 0.0654 e. The van der Waals surface area contributed by atoms with Gasteiger partial charge in [-0.3, -0.25) is 0 Å². The van der Waals surface area contributed by atoms with Crippen LogP contribution < -0.4 is 0 Å². The molecule has 0 N–H and O–H groups in total. The summed E-state index contributed by atoms with van der Waals surface area (Å²) in [6.45, 7) is 6.88. The van der Waals surface area contributed by atoms with Crippen molar-refractivity contribution in [2.45, 2.75) is 136 Å². The maximum absolute atomic E-state index is 2.41. The van der Waals surface area contributed by atoms with Crippen LogP contribution in [0.5, 0.6) is 0 Å². The van der Waals surface area contributed by atoms with Gasteiger partial charge in [0.05, 0.1) is 0 Å². The lowest BCUT2D eigenvalue weighted by molar-refractivity contribution is 0.529. The van der Waals surface area contributed by atoms with E-state index >= 15 is 0 Å². The highest BCUT2D eigenvalue weighted by Crippen LogP contribution is 2.44. The van der Waals surface area contributed by atoms with Gasteiger partial charge in [0.2, 0.25) is 0 Å². The smallest absolute Gasteiger partial charge is 0.000718 e. The molecule has 0 amide bonds. The number of unbranched alkanes of at least 4 members (excludes halogenated alkanes) is 15. The van der Waals surface area contributed by atoms with Gasteiger partial charge in [0.1, 0.15) is 0 Å². The van der Waals surface area contributed by atoms with Crippen LogP contribution in [0, 0.1) is 13.8 Å². The molecule has 0 aliphatic heterocycles. The highest BCUT2D eigenvalue weighted by atomic mass is 14.3. The Balaban J connectivity index is 1.11. The van der Waals surface area contributed by atoms with Gasteiger partial charge in [-0.25, -0.2) is 0 Å². The van der Waals surface area contributed by atoms with Crippen LogP contribution in [0.1, 0.15) is 137 Å². The topological polar surface area (TPSA) is 0 Å². The van der Waals surface area contributed by atoms with Gasteiger partial charge < -0.3 is 0 Å². The van der Waals surface area contributed by atoms with Gasteiger partial charge in [0.25, 0.3) is 0 Å². The molecular weight excluding hydrogens is 468 g/mol. The second-order valence-corrected chi connectivity index (χ2v) is 12.3. The van der Waals surface area contributed by atoms with Crippen LogP contribution in [0.2, 0.25) is 0 Å². The SMILES string of the molecule is CCCCCCCCCCCCCCCCCCc1ccc(-c2c(C)c(C)cc3c2Cc2ccccc2-3)cc1. The molecule has 210 valence electrons. The molecule has 0 heterocycles. The van der Waals surface area contributed by atoms with Gasteiger partial charge in [0, 0.05) is 0 Å². The normalized spacial score (nSPS) is 12.1. The Hall–Kier alpha value is -2.34. The minimum Gasteiger partial charge on any atom is -0.0654 e. The molecule has 3 aromatic rings. The van der Waals surface area contributed by atoms with Crippen LogP contribution in [0.4, 0.5) is 0 Å². The summed E-state index contributed by atoms with van der Waals surface area (Å²) in [5.41, 5.74) is 13.0. The zero-order chi connectivity index (χ0) is 27.3. The van der Waals surface area contributed by atoms with E-state index in [0.29, 0.717) is 0 Å². The lowest BCUT2D eigenvalue weighted by Crippen LogP contribution is -1.96. The summed E-state index contributed by atoms with van der Waals surface area (Å²) >= 11 is 0. The lowest BCUT2D eigenvalue weighted by Gasteiger charge is -2.16. The third kappa shape index (κ3) is 8.57. The zero-order valence-corrected chi connectivity index (χ0v) is 25.4. The summed E-state index contributed by atoms with van der Waals surface area (Å²) in [5, 5.41) is 0. The highest BCUT2D eigenvalue weighted by molar-refractivity contribution is 5.87. The first-order valence-electron chi connectivity index (χ1n) is 16.5. The third-order valence-electron chi connectivity index (χ3n) is 9.19.